The third-order valence-corrected chi connectivity index (χ3v) is 6.29. The van der Waals surface area contributed by atoms with E-state index in [1.54, 1.807) is 7.11 Å². The molecule has 1 aromatic heterocycles. The lowest BCUT2D eigenvalue weighted by Crippen LogP contribution is -2.39. The molecule has 0 unspecified atom stereocenters. The second-order valence-corrected chi connectivity index (χ2v) is 8.33. The van der Waals surface area contributed by atoms with Crippen molar-refractivity contribution in [2.24, 2.45) is 5.92 Å². The van der Waals surface area contributed by atoms with Crippen molar-refractivity contribution < 1.29 is 18.8 Å². The number of aryl methyl sites for hydroxylation is 1. The summed E-state index contributed by atoms with van der Waals surface area (Å²) < 4.78 is 16.1. The van der Waals surface area contributed by atoms with Gasteiger partial charge in [0.05, 0.1) is 13.5 Å². The Morgan fingerprint density at radius 3 is 2.77 bits per heavy atom. The van der Waals surface area contributed by atoms with Gasteiger partial charge in [-0.25, -0.2) is 0 Å². The van der Waals surface area contributed by atoms with Gasteiger partial charge < -0.3 is 18.9 Å². The standard InChI is InChI=1S/C23H31N3O4/c1-28-20-4-2-3-18(15-20)16-22(27)26-11-7-17(8-12-26)5-6-21-24-23(30-25-21)19-9-13-29-14-10-19/h2-4,15,17,19H,5-14,16H2,1H3. The molecule has 3 heterocycles. The van der Waals surface area contributed by atoms with E-state index in [4.69, 9.17) is 14.0 Å². The van der Waals surface area contributed by atoms with Crippen molar-refractivity contribution in [3.63, 3.8) is 0 Å². The van der Waals surface area contributed by atoms with Gasteiger partial charge in [0, 0.05) is 38.6 Å². The number of nitrogens with zero attached hydrogens (tertiary/aromatic N) is 3. The molecule has 0 bridgehead atoms. The van der Waals surface area contributed by atoms with Crippen LogP contribution in [0.15, 0.2) is 28.8 Å². The summed E-state index contributed by atoms with van der Waals surface area (Å²) in [5, 5.41) is 4.18. The molecule has 0 spiro atoms. The Morgan fingerprint density at radius 2 is 2.00 bits per heavy atom. The zero-order valence-electron chi connectivity index (χ0n) is 17.7. The van der Waals surface area contributed by atoms with Gasteiger partial charge in [-0.3, -0.25) is 4.79 Å². The number of carbonyl (C=O) groups is 1. The number of hydrogen-bond acceptors (Lipinski definition) is 6. The second kappa shape index (κ2) is 10.1. The molecule has 2 aliphatic rings. The van der Waals surface area contributed by atoms with Crippen LogP contribution in [0.25, 0.3) is 0 Å². The average Bonchev–Trinajstić information content (AvgIpc) is 3.28. The first-order valence-corrected chi connectivity index (χ1v) is 11.0. The molecule has 2 aromatic rings. The van der Waals surface area contributed by atoms with Crippen LogP contribution in [0.3, 0.4) is 0 Å². The van der Waals surface area contributed by atoms with Gasteiger partial charge in [-0.2, -0.15) is 4.98 Å². The molecule has 2 saturated heterocycles. The normalized spacial score (nSPS) is 18.5. The maximum Gasteiger partial charge on any atom is 0.229 e. The number of ether oxygens (including phenoxy) is 2. The fraction of sp³-hybridized carbons (Fsp3) is 0.609. The highest BCUT2D eigenvalue weighted by molar-refractivity contribution is 5.79. The zero-order chi connectivity index (χ0) is 20.8. The van der Waals surface area contributed by atoms with E-state index in [9.17, 15) is 4.79 Å². The highest BCUT2D eigenvalue weighted by Crippen LogP contribution is 2.27. The van der Waals surface area contributed by atoms with E-state index in [0.29, 0.717) is 18.3 Å². The van der Waals surface area contributed by atoms with Gasteiger partial charge >= 0.3 is 0 Å². The van der Waals surface area contributed by atoms with Crippen LogP contribution < -0.4 is 4.74 Å². The number of aromatic nitrogens is 2. The minimum Gasteiger partial charge on any atom is -0.497 e. The molecule has 0 N–H and O–H groups in total. The number of rotatable bonds is 7. The molecule has 2 aliphatic heterocycles. The molecule has 162 valence electrons. The molecule has 4 rings (SSSR count). The first kappa shape index (κ1) is 20.8. The van der Waals surface area contributed by atoms with Crippen molar-refractivity contribution in [3.05, 3.63) is 41.5 Å². The number of carbonyl (C=O) groups excluding carboxylic acids is 1. The minimum atomic E-state index is 0.195. The fourth-order valence-electron chi connectivity index (χ4n) is 4.35. The van der Waals surface area contributed by atoms with Gasteiger partial charge in [0.25, 0.3) is 0 Å². The van der Waals surface area contributed by atoms with Gasteiger partial charge in [0.1, 0.15) is 5.75 Å². The predicted octanol–water partition coefficient (Wildman–Crippen LogP) is 3.39. The summed E-state index contributed by atoms with van der Waals surface area (Å²) in [5.41, 5.74) is 0.999. The number of benzene rings is 1. The fourth-order valence-corrected chi connectivity index (χ4v) is 4.35. The van der Waals surface area contributed by atoms with Gasteiger partial charge in [-0.15, -0.1) is 0 Å². The summed E-state index contributed by atoms with van der Waals surface area (Å²) in [4.78, 5) is 19.3. The maximum absolute atomic E-state index is 12.7. The van der Waals surface area contributed by atoms with E-state index in [0.717, 1.165) is 87.9 Å². The van der Waals surface area contributed by atoms with E-state index < -0.39 is 0 Å². The van der Waals surface area contributed by atoms with E-state index in [2.05, 4.69) is 10.1 Å². The SMILES string of the molecule is COc1cccc(CC(=O)N2CCC(CCc3noc(C4CCOCC4)n3)CC2)c1. The van der Waals surface area contributed by atoms with Crippen molar-refractivity contribution in [1.29, 1.82) is 0 Å². The van der Waals surface area contributed by atoms with Crippen LogP contribution in [0.5, 0.6) is 5.75 Å². The van der Waals surface area contributed by atoms with Gasteiger partial charge in [0.2, 0.25) is 11.8 Å². The lowest BCUT2D eigenvalue weighted by Gasteiger charge is -2.32. The number of likely N-dealkylation sites (tertiary alicyclic amines) is 1. The van der Waals surface area contributed by atoms with Crippen LogP contribution in [0.1, 0.15) is 55.3 Å². The number of amides is 1. The molecule has 0 radical (unpaired) electrons. The topological polar surface area (TPSA) is 77.7 Å². The van der Waals surface area contributed by atoms with Gasteiger partial charge in [-0.05, 0) is 55.7 Å². The number of hydrogen-bond donors (Lipinski definition) is 0. The summed E-state index contributed by atoms with van der Waals surface area (Å²) in [6, 6.07) is 7.74. The Bertz CT molecular complexity index is 823. The van der Waals surface area contributed by atoms with Gasteiger partial charge in [-0.1, -0.05) is 17.3 Å². The van der Waals surface area contributed by atoms with Crippen LogP contribution in [-0.2, 0) is 22.4 Å². The van der Waals surface area contributed by atoms with Crippen molar-refractivity contribution in [2.75, 3.05) is 33.4 Å². The molecule has 7 nitrogen and oxygen atoms in total. The summed E-state index contributed by atoms with van der Waals surface area (Å²) in [6.07, 6.45) is 6.32. The largest absolute Gasteiger partial charge is 0.497 e. The lowest BCUT2D eigenvalue weighted by molar-refractivity contribution is -0.131. The molecular formula is C23H31N3O4. The summed E-state index contributed by atoms with van der Waals surface area (Å²) in [5.74, 6) is 3.52. The first-order valence-electron chi connectivity index (χ1n) is 11.0. The van der Waals surface area contributed by atoms with Crippen molar-refractivity contribution in [1.82, 2.24) is 15.0 Å². The Balaban J connectivity index is 1.20. The monoisotopic (exact) mass is 413 g/mol. The molecule has 1 amide bonds. The third-order valence-electron chi connectivity index (χ3n) is 6.29. The predicted molar refractivity (Wildman–Crippen MR) is 111 cm³/mol. The van der Waals surface area contributed by atoms with E-state index in [1.165, 1.54) is 0 Å². The van der Waals surface area contributed by atoms with E-state index >= 15 is 0 Å². The van der Waals surface area contributed by atoms with Gasteiger partial charge in [0.15, 0.2) is 5.82 Å². The summed E-state index contributed by atoms with van der Waals surface area (Å²) >= 11 is 0. The number of piperidine rings is 1. The lowest BCUT2D eigenvalue weighted by atomic mass is 9.91. The Kier molecular flexibility index (Phi) is 7.00. The minimum absolute atomic E-state index is 0.195. The van der Waals surface area contributed by atoms with Crippen molar-refractivity contribution >= 4 is 5.91 Å². The first-order chi connectivity index (χ1) is 14.7. The van der Waals surface area contributed by atoms with Crippen molar-refractivity contribution in [3.8, 4) is 5.75 Å². The summed E-state index contributed by atoms with van der Waals surface area (Å²) in [6.45, 7) is 3.20. The third kappa shape index (κ3) is 5.39. The van der Waals surface area contributed by atoms with E-state index in [1.807, 2.05) is 29.2 Å². The zero-order valence-corrected chi connectivity index (χ0v) is 17.7. The van der Waals surface area contributed by atoms with Crippen molar-refractivity contribution in [2.45, 2.75) is 50.9 Å². The Hall–Kier alpha value is -2.41. The highest BCUT2D eigenvalue weighted by Gasteiger charge is 2.25. The molecular weight excluding hydrogens is 382 g/mol. The second-order valence-electron chi connectivity index (χ2n) is 8.33. The van der Waals surface area contributed by atoms with E-state index in [-0.39, 0.29) is 5.91 Å². The smallest absolute Gasteiger partial charge is 0.229 e. The average molecular weight is 414 g/mol. The quantitative estimate of drug-likeness (QED) is 0.692. The molecule has 30 heavy (non-hydrogen) atoms. The van der Waals surface area contributed by atoms with Crippen LogP contribution in [0.2, 0.25) is 0 Å². The Morgan fingerprint density at radius 1 is 1.20 bits per heavy atom. The molecule has 7 heteroatoms. The molecule has 0 saturated carbocycles. The summed E-state index contributed by atoms with van der Waals surface area (Å²) in [7, 11) is 1.64. The molecule has 2 fully saturated rings. The van der Waals surface area contributed by atoms with Crippen LogP contribution in [0.4, 0.5) is 0 Å². The maximum atomic E-state index is 12.7. The molecule has 1 aromatic carbocycles. The van der Waals surface area contributed by atoms with Crippen LogP contribution in [0, 0.1) is 5.92 Å². The highest BCUT2D eigenvalue weighted by atomic mass is 16.5. The number of methoxy groups -OCH3 is 1. The van der Waals surface area contributed by atoms with Crippen LogP contribution in [-0.4, -0.2) is 54.4 Å². The Labute approximate surface area is 177 Å². The molecule has 0 atom stereocenters. The molecule has 0 aliphatic carbocycles. The van der Waals surface area contributed by atoms with Crippen LogP contribution >= 0.6 is 0 Å².